The first kappa shape index (κ1) is 15.0. The van der Waals surface area contributed by atoms with Crippen molar-refractivity contribution in [3.63, 3.8) is 0 Å². The summed E-state index contributed by atoms with van der Waals surface area (Å²) in [5.74, 6) is 1.75. The van der Waals surface area contributed by atoms with Gasteiger partial charge in [-0.3, -0.25) is 0 Å². The molecule has 0 aromatic carbocycles. The molecule has 3 unspecified atom stereocenters. The van der Waals surface area contributed by atoms with Crippen LogP contribution in [0.4, 0.5) is 0 Å². The molecule has 0 amide bonds. The van der Waals surface area contributed by atoms with Gasteiger partial charge in [-0.2, -0.15) is 0 Å². The summed E-state index contributed by atoms with van der Waals surface area (Å²) in [5, 5.41) is 3.80. The quantitative estimate of drug-likeness (QED) is 0.816. The number of rotatable bonds is 6. The third-order valence-electron chi connectivity index (χ3n) is 4.55. The van der Waals surface area contributed by atoms with Gasteiger partial charge in [0.05, 0.1) is 11.2 Å². The highest BCUT2D eigenvalue weighted by molar-refractivity contribution is 7.09. The minimum Gasteiger partial charge on any atom is -0.309 e. The van der Waals surface area contributed by atoms with E-state index in [0.717, 1.165) is 18.4 Å². The number of nitrogens with zero attached hydrogens (tertiary/aromatic N) is 1. The second kappa shape index (κ2) is 7.39. The van der Waals surface area contributed by atoms with Gasteiger partial charge in [-0.15, -0.1) is 11.3 Å². The van der Waals surface area contributed by atoms with Crippen molar-refractivity contribution in [2.75, 3.05) is 6.54 Å². The van der Waals surface area contributed by atoms with Gasteiger partial charge in [-0.05, 0) is 44.6 Å². The Labute approximate surface area is 122 Å². The number of thiazole rings is 1. The van der Waals surface area contributed by atoms with Crippen LogP contribution in [0, 0.1) is 18.8 Å². The summed E-state index contributed by atoms with van der Waals surface area (Å²) >= 11 is 1.84. The number of hydrogen-bond acceptors (Lipinski definition) is 3. The Bertz CT molecular complexity index is 375. The molecule has 19 heavy (non-hydrogen) atoms. The molecule has 1 saturated carbocycles. The molecule has 1 aliphatic carbocycles. The van der Waals surface area contributed by atoms with Crippen molar-refractivity contribution < 1.29 is 0 Å². The van der Waals surface area contributed by atoms with E-state index in [2.05, 4.69) is 31.1 Å². The lowest BCUT2D eigenvalue weighted by atomic mass is 9.76. The monoisotopic (exact) mass is 280 g/mol. The van der Waals surface area contributed by atoms with E-state index >= 15 is 0 Å². The van der Waals surface area contributed by atoms with Crippen molar-refractivity contribution in [1.29, 1.82) is 0 Å². The highest BCUT2D eigenvalue weighted by Gasteiger charge is 2.30. The van der Waals surface area contributed by atoms with Crippen LogP contribution in [-0.2, 0) is 0 Å². The fourth-order valence-electron chi connectivity index (χ4n) is 3.39. The van der Waals surface area contributed by atoms with E-state index in [0.29, 0.717) is 6.04 Å². The van der Waals surface area contributed by atoms with Crippen LogP contribution in [0.1, 0.15) is 69.0 Å². The summed E-state index contributed by atoms with van der Waals surface area (Å²) in [6.07, 6.45) is 8.18. The molecule has 0 aliphatic heterocycles. The zero-order valence-corrected chi connectivity index (χ0v) is 13.4. The summed E-state index contributed by atoms with van der Waals surface area (Å²) < 4.78 is 0. The average Bonchev–Trinajstić information content (AvgIpc) is 2.86. The molecule has 2 nitrogen and oxygen atoms in total. The highest BCUT2D eigenvalue weighted by Crippen LogP contribution is 2.40. The molecule has 108 valence electrons. The van der Waals surface area contributed by atoms with E-state index in [1.807, 2.05) is 16.8 Å². The third kappa shape index (κ3) is 3.79. The smallest absolute Gasteiger partial charge is 0.0798 e. The summed E-state index contributed by atoms with van der Waals surface area (Å²) in [6, 6.07) is 0.543. The van der Waals surface area contributed by atoms with E-state index in [1.54, 1.807) is 0 Å². The lowest BCUT2D eigenvalue weighted by Crippen LogP contribution is -2.32. The maximum Gasteiger partial charge on any atom is 0.0798 e. The largest absolute Gasteiger partial charge is 0.309 e. The predicted octanol–water partition coefficient (Wildman–Crippen LogP) is 4.71. The molecule has 0 bridgehead atoms. The molecule has 1 aromatic heterocycles. The lowest BCUT2D eigenvalue weighted by Gasteiger charge is -2.34. The van der Waals surface area contributed by atoms with Gasteiger partial charge in [0.1, 0.15) is 0 Å². The van der Waals surface area contributed by atoms with Crippen molar-refractivity contribution in [3.8, 4) is 0 Å². The van der Waals surface area contributed by atoms with Crippen LogP contribution in [0.3, 0.4) is 0 Å². The van der Waals surface area contributed by atoms with Crippen molar-refractivity contribution >= 4 is 11.3 Å². The van der Waals surface area contributed by atoms with Gasteiger partial charge in [-0.1, -0.05) is 33.1 Å². The number of aryl methyl sites for hydroxylation is 1. The Hall–Kier alpha value is -0.410. The molecule has 1 fully saturated rings. The molecule has 1 N–H and O–H groups in total. The normalized spacial score (nSPS) is 25.4. The first-order valence-corrected chi connectivity index (χ1v) is 8.77. The van der Waals surface area contributed by atoms with Crippen molar-refractivity contribution in [3.05, 3.63) is 16.1 Å². The molecule has 1 aliphatic rings. The lowest BCUT2D eigenvalue weighted by molar-refractivity contribution is 0.210. The second-order valence-electron chi connectivity index (χ2n) is 5.93. The molecule has 1 heterocycles. The number of aromatic nitrogens is 1. The Morgan fingerprint density at radius 3 is 2.89 bits per heavy atom. The Morgan fingerprint density at radius 1 is 1.42 bits per heavy atom. The minimum atomic E-state index is 0.543. The van der Waals surface area contributed by atoms with Gasteiger partial charge >= 0.3 is 0 Å². The van der Waals surface area contributed by atoms with Gasteiger partial charge in [-0.25, -0.2) is 4.98 Å². The Kier molecular flexibility index (Phi) is 5.83. The molecule has 3 atom stereocenters. The SMILES string of the molecule is CCCNC(c1scnc1C)C1CCCC(CC)C1. The molecule has 3 heteroatoms. The summed E-state index contributed by atoms with van der Waals surface area (Å²) in [7, 11) is 0. The molecular formula is C16H28N2S. The zero-order valence-electron chi connectivity index (χ0n) is 12.6. The van der Waals surface area contributed by atoms with Gasteiger partial charge in [0.15, 0.2) is 0 Å². The molecular weight excluding hydrogens is 252 g/mol. The third-order valence-corrected chi connectivity index (χ3v) is 5.57. The molecule has 1 aromatic rings. The van der Waals surface area contributed by atoms with Crippen LogP contribution < -0.4 is 5.32 Å². The minimum absolute atomic E-state index is 0.543. The van der Waals surface area contributed by atoms with Gasteiger partial charge in [0.25, 0.3) is 0 Å². The van der Waals surface area contributed by atoms with E-state index in [4.69, 9.17) is 0 Å². The van der Waals surface area contributed by atoms with E-state index in [1.165, 1.54) is 49.1 Å². The van der Waals surface area contributed by atoms with E-state index < -0.39 is 0 Å². The second-order valence-corrected chi connectivity index (χ2v) is 6.82. The Morgan fingerprint density at radius 2 is 2.26 bits per heavy atom. The highest BCUT2D eigenvalue weighted by atomic mass is 32.1. The van der Waals surface area contributed by atoms with Crippen LogP contribution in [0.25, 0.3) is 0 Å². The van der Waals surface area contributed by atoms with Crippen LogP contribution in [0.2, 0.25) is 0 Å². The fourth-order valence-corrected chi connectivity index (χ4v) is 4.36. The standard InChI is InChI=1S/C16H28N2S/c1-4-9-17-15(16-12(3)18-11-19-16)14-8-6-7-13(5-2)10-14/h11,13-15,17H,4-10H2,1-3H3. The molecule has 0 saturated heterocycles. The molecule has 0 radical (unpaired) electrons. The summed E-state index contributed by atoms with van der Waals surface area (Å²) in [5.41, 5.74) is 3.24. The topological polar surface area (TPSA) is 24.9 Å². The van der Waals surface area contributed by atoms with Crippen molar-refractivity contribution in [2.24, 2.45) is 11.8 Å². The van der Waals surface area contributed by atoms with Crippen LogP contribution in [0.5, 0.6) is 0 Å². The summed E-state index contributed by atoms with van der Waals surface area (Å²) in [4.78, 5) is 5.94. The average molecular weight is 280 g/mol. The van der Waals surface area contributed by atoms with Gasteiger partial charge in [0.2, 0.25) is 0 Å². The number of hydrogen-bond donors (Lipinski definition) is 1. The van der Waals surface area contributed by atoms with E-state index in [-0.39, 0.29) is 0 Å². The summed E-state index contributed by atoms with van der Waals surface area (Å²) in [6.45, 7) is 7.88. The van der Waals surface area contributed by atoms with E-state index in [9.17, 15) is 0 Å². The van der Waals surface area contributed by atoms with Crippen LogP contribution in [0.15, 0.2) is 5.51 Å². The molecule has 0 spiro atoms. The van der Waals surface area contributed by atoms with Crippen LogP contribution >= 0.6 is 11.3 Å². The first-order valence-electron chi connectivity index (χ1n) is 7.89. The van der Waals surface area contributed by atoms with Crippen molar-refractivity contribution in [1.82, 2.24) is 10.3 Å². The first-order chi connectivity index (χ1) is 9.26. The fraction of sp³-hybridized carbons (Fsp3) is 0.812. The van der Waals surface area contributed by atoms with Gasteiger partial charge < -0.3 is 5.32 Å². The van der Waals surface area contributed by atoms with Gasteiger partial charge in [0, 0.05) is 10.9 Å². The predicted molar refractivity (Wildman–Crippen MR) is 83.6 cm³/mol. The molecule has 2 rings (SSSR count). The number of nitrogens with one attached hydrogen (secondary N) is 1. The van der Waals surface area contributed by atoms with Crippen LogP contribution in [-0.4, -0.2) is 11.5 Å². The maximum absolute atomic E-state index is 4.46. The maximum atomic E-state index is 4.46. The Balaban J connectivity index is 2.10. The van der Waals surface area contributed by atoms with Crippen molar-refractivity contribution in [2.45, 2.75) is 65.3 Å². The zero-order chi connectivity index (χ0) is 13.7.